The third kappa shape index (κ3) is 4.28. The van der Waals surface area contributed by atoms with Crippen LogP contribution in [-0.2, 0) is 9.84 Å². The Morgan fingerprint density at radius 2 is 1.89 bits per heavy atom. The van der Waals surface area contributed by atoms with Gasteiger partial charge in [0, 0.05) is 6.04 Å². The maximum Gasteiger partial charge on any atom is 0.178 e. The zero-order valence-corrected chi connectivity index (χ0v) is 12.2. The van der Waals surface area contributed by atoms with Crippen molar-refractivity contribution in [1.29, 1.82) is 0 Å². The van der Waals surface area contributed by atoms with Crippen molar-refractivity contribution >= 4 is 9.84 Å². The van der Waals surface area contributed by atoms with Crippen LogP contribution in [0.1, 0.15) is 25.0 Å². The Morgan fingerprint density at radius 1 is 1.32 bits per heavy atom. The number of hydrogen-bond acceptors (Lipinski definition) is 5. The number of rotatable bonds is 7. The number of nitrogens with two attached hydrogens (primary N) is 1. The number of hydrogen-bond donors (Lipinski definition) is 3. The quantitative estimate of drug-likeness (QED) is 0.677. The summed E-state index contributed by atoms with van der Waals surface area (Å²) in [6.45, 7) is 2.33. The van der Waals surface area contributed by atoms with Gasteiger partial charge in [-0.15, -0.1) is 0 Å². The molecular weight excluding hydrogens is 264 g/mol. The molecule has 0 aliphatic carbocycles. The van der Waals surface area contributed by atoms with Gasteiger partial charge in [-0.1, -0.05) is 19.1 Å². The van der Waals surface area contributed by atoms with Crippen LogP contribution in [0.4, 0.5) is 0 Å². The highest BCUT2D eigenvalue weighted by Crippen LogP contribution is 2.20. The van der Waals surface area contributed by atoms with Crippen molar-refractivity contribution in [2.45, 2.75) is 30.4 Å². The molecule has 108 valence electrons. The van der Waals surface area contributed by atoms with E-state index < -0.39 is 15.9 Å². The van der Waals surface area contributed by atoms with E-state index in [1.54, 1.807) is 19.1 Å². The van der Waals surface area contributed by atoms with E-state index in [0.717, 1.165) is 6.54 Å². The van der Waals surface area contributed by atoms with Crippen LogP contribution in [0.25, 0.3) is 0 Å². The van der Waals surface area contributed by atoms with Gasteiger partial charge in [-0.3, -0.25) is 0 Å². The van der Waals surface area contributed by atoms with Crippen molar-refractivity contribution < 1.29 is 13.5 Å². The predicted molar refractivity (Wildman–Crippen MR) is 75.6 cm³/mol. The van der Waals surface area contributed by atoms with E-state index in [-0.39, 0.29) is 16.7 Å². The first kappa shape index (κ1) is 16.1. The molecule has 0 amide bonds. The molecule has 2 unspecified atom stereocenters. The summed E-state index contributed by atoms with van der Waals surface area (Å²) in [6.07, 6.45) is -0.140. The SMILES string of the molecule is CCS(=O)(=O)c1ccc(C(O)C(N)CCNC)cc1. The molecule has 6 heteroatoms. The summed E-state index contributed by atoms with van der Waals surface area (Å²) >= 11 is 0. The second-order valence-corrected chi connectivity index (χ2v) is 6.75. The molecule has 0 heterocycles. The molecule has 0 saturated heterocycles. The lowest BCUT2D eigenvalue weighted by atomic mass is 10.0. The molecule has 1 rings (SSSR count). The molecule has 0 spiro atoms. The lowest BCUT2D eigenvalue weighted by Gasteiger charge is -2.19. The second-order valence-electron chi connectivity index (χ2n) is 4.47. The van der Waals surface area contributed by atoms with Crippen LogP contribution >= 0.6 is 0 Å². The van der Waals surface area contributed by atoms with Crippen molar-refractivity contribution in [2.24, 2.45) is 5.73 Å². The number of sulfone groups is 1. The van der Waals surface area contributed by atoms with Crippen molar-refractivity contribution in [3.05, 3.63) is 29.8 Å². The first-order chi connectivity index (χ1) is 8.92. The maximum absolute atomic E-state index is 11.7. The fraction of sp³-hybridized carbons (Fsp3) is 0.538. The van der Waals surface area contributed by atoms with Gasteiger partial charge >= 0.3 is 0 Å². The van der Waals surface area contributed by atoms with Gasteiger partial charge in [0.2, 0.25) is 0 Å². The van der Waals surface area contributed by atoms with E-state index in [1.165, 1.54) is 12.1 Å². The van der Waals surface area contributed by atoms with Gasteiger partial charge in [0.15, 0.2) is 9.84 Å². The third-order valence-corrected chi connectivity index (χ3v) is 4.84. The van der Waals surface area contributed by atoms with Crippen molar-refractivity contribution in [1.82, 2.24) is 5.32 Å². The fourth-order valence-corrected chi connectivity index (χ4v) is 2.64. The van der Waals surface area contributed by atoms with Gasteiger partial charge in [-0.05, 0) is 37.7 Å². The molecule has 0 bridgehead atoms. The summed E-state index contributed by atoms with van der Waals surface area (Å²) in [5.41, 5.74) is 6.51. The summed E-state index contributed by atoms with van der Waals surface area (Å²) < 4.78 is 23.3. The van der Waals surface area contributed by atoms with Crippen LogP contribution < -0.4 is 11.1 Å². The second kappa shape index (κ2) is 7.00. The third-order valence-electron chi connectivity index (χ3n) is 3.09. The van der Waals surface area contributed by atoms with E-state index in [2.05, 4.69) is 5.32 Å². The topological polar surface area (TPSA) is 92.4 Å². The van der Waals surface area contributed by atoms with E-state index in [9.17, 15) is 13.5 Å². The van der Waals surface area contributed by atoms with Crippen molar-refractivity contribution in [3.8, 4) is 0 Å². The zero-order chi connectivity index (χ0) is 14.5. The number of aliphatic hydroxyl groups is 1. The Labute approximate surface area is 114 Å². The Hall–Kier alpha value is -0.950. The minimum atomic E-state index is -3.20. The molecular formula is C13H22N2O3S. The van der Waals surface area contributed by atoms with Crippen LogP contribution in [0.15, 0.2) is 29.2 Å². The van der Waals surface area contributed by atoms with E-state index in [1.807, 2.05) is 7.05 Å². The molecule has 19 heavy (non-hydrogen) atoms. The van der Waals surface area contributed by atoms with Crippen LogP contribution in [0.2, 0.25) is 0 Å². The fourth-order valence-electron chi connectivity index (χ4n) is 1.76. The highest BCUT2D eigenvalue weighted by molar-refractivity contribution is 7.91. The molecule has 4 N–H and O–H groups in total. The van der Waals surface area contributed by atoms with Gasteiger partial charge in [-0.2, -0.15) is 0 Å². The standard InChI is InChI=1S/C13H22N2O3S/c1-3-19(17,18)11-6-4-10(5-7-11)13(16)12(14)8-9-15-2/h4-7,12-13,15-16H,3,8-9,14H2,1-2H3. The zero-order valence-electron chi connectivity index (χ0n) is 11.3. The van der Waals surface area contributed by atoms with Gasteiger partial charge in [0.05, 0.1) is 16.8 Å². The van der Waals surface area contributed by atoms with Crippen LogP contribution in [0.3, 0.4) is 0 Å². The highest BCUT2D eigenvalue weighted by Gasteiger charge is 2.18. The number of nitrogens with one attached hydrogen (secondary N) is 1. The summed E-state index contributed by atoms with van der Waals surface area (Å²) in [6, 6.07) is 5.89. The summed E-state index contributed by atoms with van der Waals surface area (Å²) in [7, 11) is -1.38. The Bertz CT molecular complexity index is 485. The molecule has 0 aliphatic heterocycles. The Balaban J connectivity index is 2.81. The normalized spacial score (nSPS) is 15.2. The summed E-state index contributed by atoms with van der Waals surface area (Å²) in [5.74, 6) is 0.0661. The first-order valence-electron chi connectivity index (χ1n) is 6.33. The van der Waals surface area contributed by atoms with Gasteiger partial charge in [-0.25, -0.2) is 8.42 Å². The molecule has 1 aromatic carbocycles. The summed E-state index contributed by atoms with van der Waals surface area (Å²) in [5, 5.41) is 13.0. The largest absolute Gasteiger partial charge is 0.387 e. The Morgan fingerprint density at radius 3 is 2.37 bits per heavy atom. The average Bonchev–Trinajstić information content (AvgIpc) is 2.44. The summed E-state index contributed by atoms with van der Waals surface area (Å²) in [4.78, 5) is 0.273. The molecule has 0 fully saturated rings. The smallest absolute Gasteiger partial charge is 0.178 e. The monoisotopic (exact) mass is 286 g/mol. The molecule has 0 radical (unpaired) electrons. The molecule has 0 aliphatic rings. The minimum absolute atomic E-state index is 0.0661. The molecule has 0 aromatic heterocycles. The lowest BCUT2D eigenvalue weighted by Crippen LogP contribution is -2.31. The van der Waals surface area contributed by atoms with Gasteiger partial charge in [0.25, 0.3) is 0 Å². The van der Waals surface area contributed by atoms with E-state index in [0.29, 0.717) is 12.0 Å². The van der Waals surface area contributed by atoms with Crippen LogP contribution in [-0.4, -0.2) is 38.9 Å². The molecule has 5 nitrogen and oxygen atoms in total. The van der Waals surface area contributed by atoms with Crippen LogP contribution in [0.5, 0.6) is 0 Å². The first-order valence-corrected chi connectivity index (χ1v) is 7.98. The molecule has 1 aromatic rings. The van der Waals surface area contributed by atoms with Gasteiger partial charge in [0.1, 0.15) is 0 Å². The molecule has 0 saturated carbocycles. The lowest BCUT2D eigenvalue weighted by molar-refractivity contribution is 0.142. The van der Waals surface area contributed by atoms with E-state index in [4.69, 9.17) is 5.73 Å². The minimum Gasteiger partial charge on any atom is -0.387 e. The number of aliphatic hydroxyl groups excluding tert-OH is 1. The maximum atomic E-state index is 11.7. The predicted octanol–water partition coefficient (Wildman–Crippen LogP) is 0.450. The van der Waals surface area contributed by atoms with Crippen LogP contribution in [0, 0.1) is 0 Å². The number of benzene rings is 1. The van der Waals surface area contributed by atoms with E-state index >= 15 is 0 Å². The van der Waals surface area contributed by atoms with Crippen molar-refractivity contribution in [3.63, 3.8) is 0 Å². The average molecular weight is 286 g/mol. The van der Waals surface area contributed by atoms with Crippen molar-refractivity contribution in [2.75, 3.05) is 19.3 Å². The van der Waals surface area contributed by atoms with Gasteiger partial charge < -0.3 is 16.2 Å². The Kier molecular flexibility index (Phi) is 5.93. The molecule has 2 atom stereocenters. The highest BCUT2D eigenvalue weighted by atomic mass is 32.2.